The molecule has 3 heterocycles. The number of sulfonamides is 1. The minimum absolute atomic E-state index is 0.0195. The lowest BCUT2D eigenvalue weighted by Gasteiger charge is -2.36. The number of benzene rings is 4. The zero-order valence-electron chi connectivity index (χ0n) is 38.4. The maximum absolute atomic E-state index is 15.1. The zero-order chi connectivity index (χ0) is 48.0. The molecule has 0 bridgehead atoms. The molecule has 0 radical (unpaired) electrons. The molecule has 4 aliphatic rings. The number of nitrogens with one attached hydrogen (secondary N) is 3. The van der Waals surface area contributed by atoms with Crippen molar-refractivity contribution in [3.05, 3.63) is 127 Å². The summed E-state index contributed by atoms with van der Waals surface area (Å²) in [6.45, 7) is 9.10. The van der Waals surface area contributed by atoms with Gasteiger partial charge in [0.1, 0.15) is 41.8 Å². The summed E-state index contributed by atoms with van der Waals surface area (Å²) in [5, 5.41) is 6.46. The van der Waals surface area contributed by atoms with Gasteiger partial charge in [0.05, 0.1) is 29.6 Å². The fourth-order valence-corrected chi connectivity index (χ4v) is 10.9. The second kappa shape index (κ2) is 17.9. The van der Waals surface area contributed by atoms with Crippen molar-refractivity contribution in [2.45, 2.75) is 87.5 Å². The van der Waals surface area contributed by atoms with Crippen LogP contribution < -0.4 is 34.3 Å². The van der Waals surface area contributed by atoms with Crippen molar-refractivity contribution in [2.75, 3.05) is 20.3 Å². The monoisotopic (exact) mass is 941 g/mol. The van der Waals surface area contributed by atoms with Gasteiger partial charge in [0.15, 0.2) is 11.5 Å². The Morgan fingerprint density at radius 3 is 2.28 bits per heavy atom. The van der Waals surface area contributed by atoms with Gasteiger partial charge >= 0.3 is 0 Å². The van der Waals surface area contributed by atoms with Gasteiger partial charge in [-0.05, 0) is 60.9 Å². The highest BCUT2D eigenvalue weighted by atomic mass is 32.2. The molecule has 0 unspecified atom stereocenters. The van der Waals surface area contributed by atoms with Crippen LogP contribution in [-0.4, -0.2) is 96.8 Å². The SMILES string of the molecule is C=C[C@@H]1C[C@]1(NC(=O)[C@@H]1C[C@@H](Oc2cc(-c3ccccc3)nc3cc(OC)ccc23)CN1C(=O)[C@@H](NC(=O)[C@@H]1COc2ccccc2O1)C(C)(C)C)C(=O)NS(=O)(=O)C1(Cc2ccccc2)CC1. The predicted octanol–water partition coefficient (Wildman–Crippen LogP) is 5.91. The number of likely N-dealkylation sites (tertiary alicyclic amines) is 1. The molecule has 3 N–H and O–H groups in total. The number of carbonyl (C=O) groups is 4. The quantitative estimate of drug-likeness (QED) is 0.106. The van der Waals surface area contributed by atoms with E-state index in [0.29, 0.717) is 52.4 Å². The third-order valence-electron chi connectivity index (χ3n) is 13.4. The summed E-state index contributed by atoms with van der Waals surface area (Å²) in [5.74, 6) is -1.40. The largest absolute Gasteiger partial charge is 0.497 e. The van der Waals surface area contributed by atoms with E-state index in [1.807, 2.05) is 72.8 Å². The molecule has 1 aromatic heterocycles. The fourth-order valence-electron chi connectivity index (χ4n) is 9.22. The molecule has 2 saturated carbocycles. The van der Waals surface area contributed by atoms with Crippen LogP contribution in [0.1, 0.15) is 52.0 Å². The Bertz CT molecular complexity index is 2890. The Morgan fingerprint density at radius 2 is 1.62 bits per heavy atom. The molecule has 0 spiro atoms. The molecule has 4 amide bonds. The van der Waals surface area contributed by atoms with Crippen LogP contribution in [0.5, 0.6) is 23.0 Å². The number of hydrogen-bond acceptors (Lipinski definition) is 11. The molecule has 3 fully saturated rings. The third kappa shape index (κ3) is 9.08. The molecule has 6 atom stereocenters. The number of carbonyl (C=O) groups excluding carboxylic acids is 4. The topological polar surface area (TPSA) is 192 Å². The molecule has 68 heavy (non-hydrogen) atoms. The molecule has 2 aliphatic carbocycles. The first-order valence-electron chi connectivity index (χ1n) is 22.8. The summed E-state index contributed by atoms with van der Waals surface area (Å²) in [5.41, 5.74) is 0.341. The van der Waals surface area contributed by atoms with E-state index in [1.165, 1.54) is 11.0 Å². The number of para-hydroxylation sites is 2. The lowest BCUT2D eigenvalue weighted by molar-refractivity contribution is -0.146. The van der Waals surface area contributed by atoms with Gasteiger partial charge in [0, 0.05) is 35.4 Å². The Balaban J connectivity index is 1.02. The number of fused-ring (bicyclic) bond motifs is 2. The van der Waals surface area contributed by atoms with Gasteiger partial charge in [-0.1, -0.05) is 99.6 Å². The molecule has 2 aliphatic heterocycles. The van der Waals surface area contributed by atoms with E-state index < -0.39 is 79.6 Å². The van der Waals surface area contributed by atoms with Crippen molar-refractivity contribution in [1.29, 1.82) is 0 Å². The van der Waals surface area contributed by atoms with Crippen LogP contribution in [0.2, 0.25) is 0 Å². The molecule has 9 rings (SSSR count). The predicted molar refractivity (Wildman–Crippen MR) is 254 cm³/mol. The van der Waals surface area contributed by atoms with Gasteiger partial charge in [0.25, 0.3) is 11.8 Å². The van der Waals surface area contributed by atoms with Gasteiger partial charge in [-0.15, -0.1) is 6.58 Å². The highest BCUT2D eigenvalue weighted by Crippen LogP contribution is 2.49. The van der Waals surface area contributed by atoms with Crippen molar-refractivity contribution in [1.82, 2.24) is 25.2 Å². The summed E-state index contributed by atoms with van der Waals surface area (Å²) in [7, 11) is -2.63. The first kappa shape index (κ1) is 46.2. The average Bonchev–Trinajstić information content (AvgIpc) is 4.24. The lowest BCUT2D eigenvalue weighted by atomic mass is 9.85. The van der Waals surface area contributed by atoms with Crippen LogP contribution in [0.3, 0.4) is 0 Å². The minimum atomic E-state index is -4.20. The lowest BCUT2D eigenvalue weighted by Crippen LogP contribution is -2.61. The Labute approximate surface area is 395 Å². The molecule has 5 aromatic rings. The standard InChI is InChI=1S/C52H55N5O10S/c1-6-34-29-52(34,49(61)56-68(62,63)51(23-24-51)28-32-15-9-7-10-16-32)55-46(58)40-26-36(66-43-27-38(33-17-11-8-12-18-33)53-39-25-35(64-5)21-22-37(39)43)30-57(40)48(60)45(50(2,3)4)54-47(59)44-31-65-41-19-13-14-20-42(41)67-44/h6-22,25,27,34,36,40,44-45H,1,23-24,26,28-31H2,2-5H3,(H,54,59)(H,55,58)(H,56,61)/t34-,36-,40+,44+,45-,52-/m1/s1. The van der Waals surface area contributed by atoms with Gasteiger partial charge in [0.2, 0.25) is 27.9 Å². The van der Waals surface area contributed by atoms with Crippen LogP contribution in [-0.2, 0) is 35.6 Å². The summed E-state index contributed by atoms with van der Waals surface area (Å²) in [6.07, 6.45) is 0.723. The van der Waals surface area contributed by atoms with Gasteiger partial charge < -0.3 is 34.5 Å². The van der Waals surface area contributed by atoms with Crippen LogP contribution in [0.15, 0.2) is 122 Å². The van der Waals surface area contributed by atoms with E-state index in [-0.39, 0.29) is 32.4 Å². The number of nitrogens with zero attached hydrogens (tertiary/aromatic N) is 2. The molecule has 16 heteroatoms. The molecule has 4 aromatic carbocycles. The number of hydrogen-bond donors (Lipinski definition) is 3. The summed E-state index contributed by atoms with van der Waals surface area (Å²) < 4.78 is 53.2. The number of methoxy groups -OCH3 is 1. The Kier molecular flexibility index (Phi) is 12.2. The zero-order valence-corrected chi connectivity index (χ0v) is 39.2. The van der Waals surface area contributed by atoms with E-state index >= 15 is 4.79 Å². The van der Waals surface area contributed by atoms with Crippen LogP contribution in [0.4, 0.5) is 0 Å². The number of ether oxygens (including phenoxy) is 4. The van der Waals surface area contributed by atoms with Gasteiger partial charge in [-0.25, -0.2) is 13.4 Å². The molecular formula is C52H55N5O10S. The van der Waals surface area contributed by atoms with Crippen molar-refractivity contribution < 1.29 is 46.5 Å². The fraction of sp³-hybridized carbons (Fsp3) is 0.365. The highest BCUT2D eigenvalue weighted by Gasteiger charge is 2.64. The summed E-state index contributed by atoms with van der Waals surface area (Å²) in [6, 6.07) is 30.6. The van der Waals surface area contributed by atoms with E-state index in [1.54, 1.807) is 64.3 Å². The molecule has 15 nitrogen and oxygen atoms in total. The van der Waals surface area contributed by atoms with E-state index in [2.05, 4.69) is 21.9 Å². The van der Waals surface area contributed by atoms with Crippen molar-refractivity contribution >= 4 is 44.6 Å². The normalized spacial score (nSPS) is 22.9. The van der Waals surface area contributed by atoms with Gasteiger partial charge in [-0.2, -0.15) is 0 Å². The maximum atomic E-state index is 15.1. The average molecular weight is 942 g/mol. The van der Waals surface area contributed by atoms with E-state index in [0.717, 1.165) is 11.1 Å². The maximum Gasteiger partial charge on any atom is 0.265 e. The number of amides is 4. The first-order chi connectivity index (χ1) is 32.5. The molecule has 354 valence electrons. The van der Waals surface area contributed by atoms with Crippen molar-refractivity contribution in [3.63, 3.8) is 0 Å². The van der Waals surface area contributed by atoms with Crippen molar-refractivity contribution in [3.8, 4) is 34.3 Å². The summed E-state index contributed by atoms with van der Waals surface area (Å²) in [4.78, 5) is 64.6. The molecular weight excluding hydrogens is 887 g/mol. The van der Waals surface area contributed by atoms with Crippen LogP contribution >= 0.6 is 0 Å². The number of rotatable bonds is 15. The Hall–Kier alpha value is -6.94. The molecule has 1 saturated heterocycles. The number of aromatic nitrogens is 1. The van der Waals surface area contributed by atoms with Gasteiger partial charge in [-0.3, -0.25) is 23.9 Å². The second-order valence-electron chi connectivity index (χ2n) is 19.2. The van der Waals surface area contributed by atoms with Crippen LogP contribution in [0, 0.1) is 11.3 Å². The Morgan fingerprint density at radius 1 is 0.926 bits per heavy atom. The minimum Gasteiger partial charge on any atom is -0.497 e. The number of pyridine rings is 1. The van der Waals surface area contributed by atoms with E-state index in [4.69, 9.17) is 23.9 Å². The second-order valence-corrected chi connectivity index (χ2v) is 21.3. The van der Waals surface area contributed by atoms with Crippen molar-refractivity contribution in [2.24, 2.45) is 11.3 Å². The highest BCUT2D eigenvalue weighted by molar-refractivity contribution is 7.91. The van der Waals surface area contributed by atoms with E-state index in [9.17, 15) is 22.8 Å². The smallest absolute Gasteiger partial charge is 0.265 e. The third-order valence-corrected chi connectivity index (χ3v) is 15.6. The first-order valence-corrected chi connectivity index (χ1v) is 24.3. The summed E-state index contributed by atoms with van der Waals surface area (Å²) >= 11 is 0. The van der Waals surface area contributed by atoms with Crippen LogP contribution in [0.25, 0.3) is 22.2 Å².